The molecular weight excluding hydrogens is 360 g/mol. The molecule has 0 aliphatic heterocycles. The molecule has 0 aromatic heterocycles. The van der Waals surface area contributed by atoms with Gasteiger partial charge < -0.3 is 10.2 Å². The van der Waals surface area contributed by atoms with Crippen LogP contribution in [0.4, 0.5) is 0 Å². The Morgan fingerprint density at radius 1 is 0.630 bits per heavy atom. The van der Waals surface area contributed by atoms with Crippen LogP contribution in [0.3, 0.4) is 0 Å². The van der Waals surface area contributed by atoms with E-state index in [1.54, 1.807) is 18.2 Å². The monoisotopic (exact) mass is 374 g/mol. The minimum Gasteiger partial charge on any atom is -0.478 e. The number of carboxylic acids is 2. The summed E-state index contributed by atoms with van der Waals surface area (Å²) in [5, 5.41) is 22.1. The van der Waals surface area contributed by atoms with Crippen LogP contribution in [-0.2, 0) is 0 Å². The molecule has 132 valence electrons. The van der Waals surface area contributed by atoms with E-state index >= 15 is 0 Å². The second kappa shape index (κ2) is 6.78. The van der Waals surface area contributed by atoms with Crippen LogP contribution in [-0.4, -0.2) is 22.2 Å². The van der Waals surface area contributed by atoms with Crippen LogP contribution in [0.15, 0.2) is 82.6 Å². The zero-order chi connectivity index (χ0) is 19.0. The topological polar surface area (TPSA) is 74.6 Å². The first-order valence-corrected chi connectivity index (χ1v) is 9.06. The summed E-state index contributed by atoms with van der Waals surface area (Å²) >= 11 is 1.44. The number of carboxylic acid groups (broad SMARTS) is 2. The Bertz CT molecular complexity index is 1210. The lowest BCUT2D eigenvalue weighted by Crippen LogP contribution is -2.03. The number of carbonyl (C=O) groups is 2. The first-order chi connectivity index (χ1) is 13.1. The molecule has 0 aliphatic rings. The quantitative estimate of drug-likeness (QED) is 0.490. The molecule has 5 heteroatoms. The van der Waals surface area contributed by atoms with Gasteiger partial charge in [0.2, 0.25) is 0 Å². The Kier molecular flexibility index (Phi) is 4.30. The zero-order valence-electron chi connectivity index (χ0n) is 14.0. The van der Waals surface area contributed by atoms with E-state index in [4.69, 9.17) is 0 Å². The van der Waals surface area contributed by atoms with Gasteiger partial charge in [0.05, 0.1) is 11.1 Å². The van der Waals surface area contributed by atoms with Crippen molar-refractivity contribution in [3.63, 3.8) is 0 Å². The van der Waals surface area contributed by atoms with Crippen molar-refractivity contribution in [2.45, 2.75) is 9.79 Å². The molecule has 27 heavy (non-hydrogen) atoms. The number of hydrogen-bond donors (Lipinski definition) is 2. The molecule has 4 nitrogen and oxygen atoms in total. The van der Waals surface area contributed by atoms with Crippen LogP contribution >= 0.6 is 11.8 Å². The van der Waals surface area contributed by atoms with Crippen molar-refractivity contribution < 1.29 is 19.8 Å². The average molecular weight is 374 g/mol. The minimum atomic E-state index is -1.08. The Labute approximate surface area is 159 Å². The predicted octanol–water partition coefficient (Wildman–Crippen LogP) is 5.54. The van der Waals surface area contributed by atoms with E-state index in [0.29, 0.717) is 15.7 Å². The maximum Gasteiger partial charge on any atom is 0.336 e. The standard InChI is InChI=1S/C22H14O4S/c23-21(24)16-11-12-19(20-15(16)8-4-9-17(20)22(25)26)27-18-10-3-6-13-5-1-2-7-14(13)18/h1-12H,(H,23,24)(H,25,26). The smallest absolute Gasteiger partial charge is 0.336 e. The first-order valence-electron chi connectivity index (χ1n) is 8.24. The SMILES string of the molecule is O=C(O)c1ccc(Sc2cccc3ccccc23)c2c(C(=O)O)cccc12. The summed E-state index contributed by atoms with van der Waals surface area (Å²) in [6.45, 7) is 0. The largest absolute Gasteiger partial charge is 0.478 e. The molecule has 0 amide bonds. The highest BCUT2D eigenvalue weighted by Crippen LogP contribution is 2.39. The number of benzene rings is 4. The third kappa shape index (κ3) is 3.02. The van der Waals surface area contributed by atoms with Gasteiger partial charge in [0.15, 0.2) is 0 Å². The van der Waals surface area contributed by atoms with Crippen molar-refractivity contribution in [3.8, 4) is 0 Å². The van der Waals surface area contributed by atoms with E-state index in [0.717, 1.165) is 15.7 Å². The fourth-order valence-corrected chi connectivity index (χ4v) is 4.36. The van der Waals surface area contributed by atoms with E-state index in [9.17, 15) is 19.8 Å². The van der Waals surface area contributed by atoms with Crippen LogP contribution in [0.2, 0.25) is 0 Å². The van der Waals surface area contributed by atoms with Gasteiger partial charge in [-0.25, -0.2) is 9.59 Å². The van der Waals surface area contributed by atoms with Crippen LogP contribution in [0.1, 0.15) is 20.7 Å². The van der Waals surface area contributed by atoms with Crippen LogP contribution in [0.25, 0.3) is 21.5 Å². The first kappa shape index (κ1) is 17.1. The van der Waals surface area contributed by atoms with Crippen molar-refractivity contribution in [1.82, 2.24) is 0 Å². The number of fused-ring (bicyclic) bond motifs is 2. The van der Waals surface area contributed by atoms with Gasteiger partial charge >= 0.3 is 11.9 Å². The van der Waals surface area contributed by atoms with Crippen LogP contribution in [0.5, 0.6) is 0 Å². The Balaban J connectivity index is 1.98. The van der Waals surface area contributed by atoms with Gasteiger partial charge in [-0.05, 0) is 40.4 Å². The molecule has 0 atom stereocenters. The van der Waals surface area contributed by atoms with Crippen LogP contribution in [0, 0.1) is 0 Å². The Morgan fingerprint density at radius 2 is 1.30 bits per heavy atom. The van der Waals surface area contributed by atoms with E-state index in [-0.39, 0.29) is 11.1 Å². The highest BCUT2D eigenvalue weighted by Gasteiger charge is 2.18. The van der Waals surface area contributed by atoms with E-state index < -0.39 is 11.9 Å². The molecule has 4 aromatic carbocycles. The molecule has 0 aliphatic carbocycles. The van der Waals surface area contributed by atoms with Gasteiger partial charge in [-0.2, -0.15) is 0 Å². The summed E-state index contributed by atoms with van der Waals surface area (Å²) < 4.78 is 0. The normalized spacial score (nSPS) is 11.0. The van der Waals surface area contributed by atoms with Crippen molar-refractivity contribution in [2.75, 3.05) is 0 Å². The van der Waals surface area contributed by atoms with Gasteiger partial charge in [-0.3, -0.25) is 0 Å². The minimum absolute atomic E-state index is 0.0929. The van der Waals surface area contributed by atoms with Gasteiger partial charge in [0, 0.05) is 15.2 Å². The van der Waals surface area contributed by atoms with E-state index in [1.807, 2.05) is 42.5 Å². The average Bonchev–Trinajstić information content (AvgIpc) is 2.67. The van der Waals surface area contributed by atoms with Crippen molar-refractivity contribution in [1.29, 1.82) is 0 Å². The van der Waals surface area contributed by atoms with E-state index in [1.165, 1.54) is 23.9 Å². The van der Waals surface area contributed by atoms with Crippen molar-refractivity contribution in [3.05, 3.63) is 83.9 Å². The maximum absolute atomic E-state index is 11.8. The molecular formula is C22H14O4S. The molecule has 2 N–H and O–H groups in total. The van der Waals surface area contributed by atoms with Gasteiger partial charge in [0.25, 0.3) is 0 Å². The lowest BCUT2D eigenvalue weighted by Gasteiger charge is -2.12. The van der Waals surface area contributed by atoms with Crippen molar-refractivity contribution in [2.24, 2.45) is 0 Å². The van der Waals surface area contributed by atoms with E-state index in [2.05, 4.69) is 0 Å². The van der Waals surface area contributed by atoms with Crippen LogP contribution < -0.4 is 0 Å². The summed E-state index contributed by atoms with van der Waals surface area (Å²) in [6, 6.07) is 21.9. The van der Waals surface area contributed by atoms with Crippen molar-refractivity contribution >= 4 is 45.2 Å². The fourth-order valence-electron chi connectivity index (χ4n) is 3.23. The summed E-state index contributed by atoms with van der Waals surface area (Å²) in [5.41, 5.74) is 0.189. The molecule has 0 saturated heterocycles. The molecule has 0 fully saturated rings. The maximum atomic E-state index is 11.8. The number of rotatable bonds is 4. The fraction of sp³-hybridized carbons (Fsp3) is 0. The second-order valence-corrected chi connectivity index (χ2v) is 7.11. The third-order valence-corrected chi connectivity index (χ3v) is 5.57. The highest BCUT2D eigenvalue weighted by molar-refractivity contribution is 7.99. The molecule has 0 spiro atoms. The molecule has 0 heterocycles. The lowest BCUT2D eigenvalue weighted by atomic mass is 10.00. The highest BCUT2D eigenvalue weighted by atomic mass is 32.2. The van der Waals surface area contributed by atoms with Gasteiger partial charge in [-0.1, -0.05) is 60.3 Å². The second-order valence-electron chi connectivity index (χ2n) is 6.03. The molecule has 4 aromatic rings. The lowest BCUT2D eigenvalue weighted by molar-refractivity contribution is 0.0686. The Morgan fingerprint density at radius 3 is 2.07 bits per heavy atom. The summed E-state index contributed by atoms with van der Waals surface area (Å²) in [6.07, 6.45) is 0. The van der Waals surface area contributed by atoms with Gasteiger partial charge in [0.1, 0.15) is 0 Å². The predicted molar refractivity (Wildman–Crippen MR) is 106 cm³/mol. The summed E-state index contributed by atoms with van der Waals surface area (Å²) in [7, 11) is 0. The molecule has 0 unspecified atom stereocenters. The summed E-state index contributed by atoms with van der Waals surface area (Å²) in [4.78, 5) is 25.0. The molecule has 0 bridgehead atoms. The third-order valence-electron chi connectivity index (χ3n) is 4.43. The summed E-state index contributed by atoms with van der Waals surface area (Å²) in [5.74, 6) is -2.16. The molecule has 4 rings (SSSR count). The zero-order valence-corrected chi connectivity index (χ0v) is 14.9. The number of aromatic carboxylic acids is 2. The molecule has 0 saturated carbocycles. The molecule has 0 radical (unpaired) electrons. The Hall–Kier alpha value is -3.31. The van der Waals surface area contributed by atoms with Gasteiger partial charge in [-0.15, -0.1) is 0 Å². The number of hydrogen-bond acceptors (Lipinski definition) is 3.